The Balaban J connectivity index is 1.97. The maximum absolute atomic E-state index is 13.5. The van der Waals surface area contributed by atoms with E-state index in [1.54, 1.807) is 26.8 Å². The minimum atomic E-state index is -1.99. The second kappa shape index (κ2) is 5.52. The molecular formula is C22H26O7. The van der Waals surface area contributed by atoms with E-state index in [9.17, 15) is 29.4 Å². The number of Topliss-reactive ketones (excluding diaryl/α,β-unsaturated/α-hetero) is 2. The molecule has 2 saturated carbocycles. The molecule has 29 heavy (non-hydrogen) atoms. The number of carbonyl (C=O) groups is 4. The molecule has 0 bridgehead atoms. The molecule has 0 saturated heterocycles. The molecule has 0 amide bonds. The van der Waals surface area contributed by atoms with E-state index in [0.717, 1.165) is 0 Å². The van der Waals surface area contributed by atoms with Crippen molar-refractivity contribution < 1.29 is 34.1 Å². The molecule has 7 heteroatoms. The first-order chi connectivity index (χ1) is 13.3. The number of ether oxygens (including phenoxy) is 1. The van der Waals surface area contributed by atoms with Crippen LogP contribution in [-0.4, -0.2) is 50.8 Å². The van der Waals surface area contributed by atoms with Gasteiger partial charge in [-0.15, -0.1) is 0 Å². The van der Waals surface area contributed by atoms with E-state index in [1.807, 2.05) is 0 Å². The zero-order chi connectivity index (χ0) is 21.7. The molecule has 0 aromatic rings. The lowest BCUT2D eigenvalue weighted by Crippen LogP contribution is -2.64. The van der Waals surface area contributed by atoms with Gasteiger partial charge in [-0.05, 0) is 18.1 Å². The van der Waals surface area contributed by atoms with Gasteiger partial charge in [0.2, 0.25) is 0 Å². The van der Waals surface area contributed by atoms with Crippen molar-refractivity contribution in [2.75, 3.05) is 0 Å². The molecule has 2 N–H and O–H groups in total. The Morgan fingerprint density at radius 1 is 1.24 bits per heavy atom. The minimum Gasteiger partial charge on any atom is -0.450 e. The third-order valence-electron chi connectivity index (χ3n) is 7.94. The van der Waals surface area contributed by atoms with Crippen molar-refractivity contribution in [1.82, 2.24) is 0 Å². The maximum Gasteiger partial charge on any atom is 0.303 e. The molecule has 4 aliphatic rings. The van der Waals surface area contributed by atoms with Gasteiger partial charge in [0.25, 0.3) is 0 Å². The first kappa shape index (κ1) is 20.2. The van der Waals surface area contributed by atoms with Crippen molar-refractivity contribution in [3.05, 3.63) is 23.3 Å². The largest absolute Gasteiger partial charge is 0.450 e. The molecule has 0 aromatic carbocycles. The van der Waals surface area contributed by atoms with Crippen molar-refractivity contribution >= 4 is 23.8 Å². The molecule has 0 heterocycles. The summed E-state index contributed by atoms with van der Waals surface area (Å²) < 4.78 is 5.57. The molecule has 2 fully saturated rings. The van der Waals surface area contributed by atoms with Gasteiger partial charge >= 0.3 is 5.97 Å². The smallest absolute Gasteiger partial charge is 0.303 e. The van der Waals surface area contributed by atoms with Crippen LogP contribution in [-0.2, 0) is 23.9 Å². The van der Waals surface area contributed by atoms with Gasteiger partial charge in [-0.25, -0.2) is 0 Å². The van der Waals surface area contributed by atoms with Crippen LogP contribution < -0.4 is 0 Å². The SMILES string of the molecule is CC(=O)O[C@@]12C(=O)[C@@H](C)[C@@]3(O)[C@@H](C=C(C=O)C[C@]4(O)C(=O)C(C)=C[C@@H]34)[C@@H]1C2(C)C. The Bertz CT molecular complexity index is 927. The third kappa shape index (κ3) is 2.05. The van der Waals surface area contributed by atoms with E-state index in [1.165, 1.54) is 19.9 Å². The van der Waals surface area contributed by atoms with Gasteiger partial charge in [0.15, 0.2) is 17.2 Å². The Hall–Kier alpha value is -2.12. The molecule has 0 radical (unpaired) electrons. The lowest BCUT2D eigenvalue weighted by Gasteiger charge is -2.49. The highest BCUT2D eigenvalue weighted by Crippen LogP contribution is 2.75. The summed E-state index contributed by atoms with van der Waals surface area (Å²) in [5.74, 6) is -4.96. The standard InChI is InChI=1S/C22H26O7/c1-10-6-15-20(27,17(10)25)8-13(9-23)7-14-16-19(4,5)22(16,29-12(3)24)18(26)11(2)21(14,15)28/h6-7,9,11,14-16,27-28H,8H2,1-5H3/t11-,14+,15-,16-,20-,21-,22-/m1/s1. The van der Waals surface area contributed by atoms with Crippen molar-refractivity contribution in [2.24, 2.45) is 29.1 Å². The quantitative estimate of drug-likeness (QED) is 0.521. The molecule has 0 spiro atoms. The molecule has 7 atom stereocenters. The predicted octanol–water partition coefficient (Wildman–Crippen LogP) is 0.916. The van der Waals surface area contributed by atoms with Crippen molar-refractivity contribution in [3.8, 4) is 0 Å². The number of fused-ring (bicyclic) bond motifs is 5. The Morgan fingerprint density at radius 2 is 1.86 bits per heavy atom. The minimum absolute atomic E-state index is 0.191. The van der Waals surface area contributed by atoms with Crippen LogP contribution in [0.2, 0.25) is 0 Å². The van der Waals surface area contributed by atoms with Crippen molar-refractivity contribution in [2.45, 2.75) is 57.8 Å². The van der Waals surface area contributed by atoms with Crippen molar-refractivity contribution in [1.29, 1.82) is 0 Å². The van der Waals surface area contributed by atoms with Crippen LogP contribution in [0.5, 0.6) is 0 Å². The van der Waals surface area contributed by atoms with Gasteiger partial charge in [0.05, 0.1) is 5.60 Å². The lowest BCUT2D eigenvalue weighted by molar-refractivity contribution is -0.190. The van der Waals surface area contributed by atoms with Gasteiger partial charge in [-0.1, -0.05) is 32.9 Å². The van der Waals surface area contributed by atoms with Crippen molar-refractivity contribution in [3.63, 3.8) is 0 Å². The fourth-order valence-corrected chi connectivity index (χ4v) is 6.53. The molecule has 0 unspecified atom stereocenters. The number of hydrogen-bond acceptors (Lipinski definition) is 7. The number of carbonyl (C=O) groups excluding carboxylic acids is 4. The number of aliphatic hydroxyl groups is 2. The summed E-state index contributed by atoms with van der Waals surface area (Å²) in [4.78, 5) is 49.9. The number of aldehydes is 1. The van der Waals surface area contributed by atoms with E-state index in [4.69, 9.17) is 4.74 Å². The lowest BCUT2D eigenvalue weighted by atomic mass is 9.59. The Kier molecular flexibility index (Phi) is 3.84. The first-order valence-corrected chi connectivity index (χ1v) is 9.87. The summed E-state index contributed by atoms with van der Waals surface area (Å²) in [5, 5.41) is 23.3. The first-order valence-electron chi connectivity index (χ1n) is 9.87. The summed E-state index contributed by atoms with van der Waals surface area (Å²) >= 11 is 0. The van der Waals surface area contributed by atoms with Crippen LogP contribution in [0.15, 0.2) is 23.3 Å². The summed E-state index contributed by atoms with van der Waals surface area (Å²) in [6, 6.07) is 0. The molecule has 156 valence electrons. The highest BCUT2D eigenvalue weighted by Gasteiger charge is 2.87. The fourth-order valence-electron chi connectivity index (χ4n) is 6.53. The van der Waals surface area contributed by atoms with Gasteiger partial charge in [-0.3, -0.25) is 19.2 Å². The zero-order valence-electron chi connectivity index (χ0n) is 17.2. The predicted molar refractivity (Wildman–Crippen MR) is 100 cm³/mol. The van der Waals surface area contributed by atoms with E-state index >= 15 is 0 Å². The van der Waals surface area contributed by atoms with E-state index in [2.05, 4.69) is 0 Å². The van der Waals surface area contributed by atoms with Crippen LogP contribution in [0, 0.1) is 29.1 Å². The summed E-state index contributed by atoms with van der Waals surface area (Å²) in [6.07, 6.45) is 3.43. The number of ketones is 2. The van der Waals surface area contributed by atoms with E-state index < -0.39 is 63.4 Å². The van der Waals surface area contributed by atoms with Gasteiger partial charge in [0.1, 0.15) is 11.9 Å². The fraction of sp³-hybridized carbons (Fsp3) is 0.636. The molecule has 7 nitrogen and oxygen atoms in total. The maximum atomic E-state index is 13.5. The number of hydrogen-bond donors (Lipinski definition) is 2. The van der Waals surface area contributed by atoms with E-state index in [-0.39, 0.29) is 12.0 Å². The normalized spacial score (nSPS) is 47.1. The number of rotatable bonds is 2. The topological polar surface area (TPSA) is 118 Å². The van der Waals surface area contributed by atoms with E-state index in [0.29, 0.717) is 11.9 Å². The Labute approximate surface area is 168 Å². The van der Waals surface area contributed by atoms with Crippen LogP contribution in [0.4, 0.5) is 0 Å². The average molecular weight is 402 g/mol. The second-order valence-electron chi connectivity index (χ2n) is 9.64. The molecule has 4 rings (SSSR count). The summed E-state index contributed by atoms with van der Waals surface area (Å²) in [5.41, 5.74) is -5.47. The molecule has 0 aliphatic heterocycles. The van der Waals surface area contributed by atoms with Gasteiger partial charge < -0.3 is 14.9 Å². The molecular weight excluding hydrogens is 376 g/mol. The highest BCUT2D eigenvalue weighted by molar-refractivity contribution is 6.06. The van der Waals surface area contributed by atoms with Crippen LogP contribution in [0.25, 0.3) is 0 Å². The molecule has 0 aromatic heterocycles. The van der Waals surface area contributed by atoms with Crippen LogP contribution >= 0.6 is 0 Å². The molecule has 4 aliphatic carbocycles. The van der Waals surface area contributed by atoms with Gasteiger partial charge in [0, 0.05) is 42.4 Å². The Morgan fingerprint density at radius 3 is 2.41 bits per heavy atom. The highest BCUT2D eigenvalue weighted by atomic mass is 16.6. The number of esters is 1. The van der Waals surface area contributed by atoms with Crippen LogP contribution in [0.1, 0.15) is 41.0 Å². The average Bonchev–Trinajstić information content (AvgIpc) is 3.06. The van der Waals surface area contributed by atoms with Gasteiger partial charge in [-0.2, -0.15) is 0 Å². The van der Waals surface area contributed by atoms with Crippen LogP contribution in [0.3, 0.4) is 0 Å². The summed E-state index contributed by atoms with van der Waals surface area (Å²) in [6.45, 7) is 7.92. The summed E-state index contributed by atoms with van der Waals surface area (Å²) in [7, 11) is 0. The second-order valence-corrected chi connectivity index (χ2v) is 9.64. The zero-order valence-corrected chi connectivity index (χ0v) is 17.2. The monoisotopic (exact) mass is 402 g/mol. The third-order valence-corrected chi connectivity index (χ3v) is 7.94.